The summed E-state index contributed by atoms with van der Waals surface area (Å²) in [6, 6.07) is 6.92. The predicted molar refractivity (Wildman–Crippen MR) is 62.2 cm³/mol. The summed E-state index contributed by atoms with van der Waals surface area (Å²) >= 11 is 0. The Hall–Kier alpha value is -1.15. The van der Waals surface area contributed by atoms with Gasteiger partial charge in [0, 0.05) is 18.2 Å². The molecule has 82 valence electrons. The first kappa shape index (κ1) is 11.9. The molecule has 0 aliphatic rings. The summed E-state index contributed by atoms with van der Waals surface area (Å²) in [6.07, 6.45) is 2.09. The van der Waals surface area contributed by atoms with Crippen LogP contribution in [0.4, 0.5) is 4.39 Å². The minimum atomic E-state index is -0.144. The third-order valence-electron chi connectivity index (χ3n) is 2.31. The maximum absolute atomic E-state index is 13.4. The van der Waals surface area contributed by atoms with Gasteiger partial charge in [-0.3, -0.25) is 0 Å². The fourth-order valence-electron chi connectivity index (χ4n) is 1.38. The standard InChI is InChI=1S/C13H18FN/c1-10(2)8-9-15-11(3)12-6-4-5-7-13(12)14/h4-8,11,15H,9H2,1-3H3. The molecule has 2 heteroatoms. The van der Waals surface area contributed by atoms with Gasteiger partial charge in [0.2, 0.25) is 0 Å². The van der Waals surface area contributed by atoms with E-state index in [0.717, 1.165) is 12.1 Å². The zero-order chi connectivity index (χ0) is 11.3. The molecule has 0 saturated carbocycles. The van der Waals surface area contributed by atoms with Gasteiger partial charge in [0.1, 0.15) is 5.82 Å². The van der Waals surface area contributed by atoms with Crippen LogP contribution in [0.3, 0.4) is 0 Å². The number of nitrogens with one attached hydrogen (secondary N) is 1. The number of rotatable bonds is 4. The van der Waals surface area contributed by atoms with Crippen LogP contribution < -0.4 is 5.32 Å². The van der Waals surface area contributed by atoms with Crippen molar-refractivity contribution in [2.75, 3.05) is 6.54 Å². The number of halogens is 1. The molecule has 1 N–H and O–H groups in total. The molecule has 0 bridgehead atoms. The molecule has 0 aliphatic heterocycles. The van der Waals surface area contributed by atoms with Gasteiger partial charge in [0.25, 0.3) is 0 Å². The van der Waals surface area contributed by atoms with E-state index in [4.69, 9.17) is 0 Å². The monoisotopic (exact) mass is 207 g/mol. The SMILES string of the molecule is CC(C)=CCNC(C)c1ccccc1F. The van der Waals surface area contributed by atoms with Crippen LogP contribution in [0, 0.1) is 5.82 Å². The second-order valence-corrected chi connectivity index (χ2v) is 3.93. The molecule has 1 aromatic carbocycles. The molecule has 15 heavy (non-hydrogen) atoms. The number of benzene rings is 1. The van der Waals surface area contributed by atoms with Crippen LogP contribution in [-0.2, 0) is 0 Å². The second kappa shape index (κ2) is 5.66. The molecule has 0 amide bonds. The highest BCUT2D eigenvalue weighted by atomic mass is 19.1. The van der Waals surface area contributed by atoms with E-state index in [0.29, 0.717) is 0 Å². The van der Waals surface area contributed by atoms with Gasteiger partial charge in [-0.2, -0.15) is 0 Å². The topological polar surface area (TPSA) is 12.0 Å². The average molecular weight is 207 g/mol. The largest absolute Gasteiger partial charge is 0.307 e. The van der Waals surface area contributed by atoms with E-state index in [1.807, 2.05) is 19.1 Å². The molecule has 1 aromatic rings. The Labute approximate surface area is 91.0 Å². The molecule has 1 atom stereocenters. The van der Waals surface area contributed by atoms with Crippen molar-refractivity contribution in [2.24, 2.45) is 0 Å². The average Bonchev–Trinajstić information content (AvgIpc) is 2.17. The van der Waals surface area contributed by atoms with Crippen LogP contribution in [0.2, 0.25) is 0 Å². The summed E-state index contributed by atoms with van der Waals surface area (Å²) in [5, 5.41) is 3.25. The van der Waals surface area contributed by atoms with Gasteiger partial charge in [-0.15, -0.1) is 0 Å². The van der Waals surface area contributed by atoms with E-state index in [9.17, 15) is 4.39 Å². The van der Waals surface area contributed by atoms with Crippen LogP contribution in [0.1, 0.15) is 32.4 Å². The lowest BCUT2D eigenvalue weighted by molar-refractivity contribution is 0.549. The summed E-state index contributed by atoms with van der Waals surface area (Å²) in [6.45, 7) is 6.85. The van der Waals surface area contributed by atoms with E-state index >= 15 is 0 Å². The van der Waals surface area contributed by atoms with Gasteiger partial charge in [-0.1, -0.05) is 29.8 Å². The van der Waals surface area contributed by atoms with Crippen molar-refractivity contribution in [3.05, 3.63) is 47.3 Å². The molecule has 0 spiro atoms. The number of allylic oxidation sites excluding steroid dienone is 1. The predicted octanol–water partition coefficient (Wildman–Crippen LogP) is 3.44. The molecule has 0 aliphatic carbocycles. The smallest absolute Gasteiger partial charge is 0.127 e. The van der Waals surface area contributed by atoms with Crippen molar-refractivity contribution in [2.45, 2.75) is 26.8 Å². The van der Waals surface area contributed by atoms with Crippen LogP contribution in [0.15, 0.2) is 35.9 Å². The molecule has 1 rings (SSSR count). The minimum Gasteiger partial charge on any atom is -0.307 e. The third kappa shape index (κ3) is 3.84. The quantitative estimate of drug-likeness (QED) is 0.746. The molecule has 1 unspecified atom stereocenters. The summed E-state index contributed by atoms with van der Waals surface area (Å²) in [5.74, 6) is -0.144. The molecular formula is C13H18FN. The highest BCUT2D eigenvalue weighted by molar-refractivity contribution is 5.20. The first-order chi connectivity index (χ1) is 7.11. The molecule has 0 aromatic heterocycles. The maximum Gasteiger partial charge on any atom is 0.127 e. The van der Waals surface area contributed by atoms with Crippen molar-refractivity contribution >= 4 is 0 Å². The van der Waals surface area contributed by atoms with Gasteiger partial charge < -0.3 is 5.32 Å². The lowest BCUT2D eigenvalue weighted by atomic mass is 10.1. The Bertz CT molecular complexity index is 340. The lowest BCUT2D eigenvalue weighted by Gasteiger charge is -2.13. The van der Waals surface area contributed by atoms with Crippen LogP contribution in [0.25, 0.3) is 0 Å². The third-order valence-corrected chi connectivity index (χ3v) is 2.31. The van der Waals surface area contributed by atoms with E-state index in [1.54, 1.807) is 6.07 Å². The second-order valence-electron chi connectivity index (χ2n) is 3.93. The molecule has 0 heterocycles. The van der Waals surface area contributed by atoms with Crippen molar-refractivity contribution < 1.29 is 4.39 Å². The number of hydrogen-bond acceptors (Lipinski definition) is 1. The highest BCUT2D eigenvalue weighted by Crippen LogP contribution is 2.15. The van der Waals surface area contributed by atoms with Gasteiger partial charge in [0.05, 0.1) is 0 Å². The fourth-order valence-corrected chi connectivity index (χ4v) is 1.38. The molecule has 0 radical (unpaired) electrons. The van der Waals surface area contributed by atoms with Crippen LogP contribution >= 0.6 is 0 Å². The van der Waals surface area contributed by atoms with Crippen LogP contribution in [-0.4, -0.2) is 6.54 Å². The summed E-state index contributed by atoms with van der Waals surface area (Å²) < 4.78 is 13.4. The summed E-state index contributed by atoms with van der Waals surface area (Å²) in [5.41, 5.74) is 1.99. The molecule has 0 fully saturated rings. The minimum absolute atomic E-state index is 0.0433. The first-order valence-corrected chi connectivity index (χ1v) is 5.22. The van der Waals surface area contributed by atoms with E-state index in [2.05, 4.69) is 25.2 Å². The normalized spacial score (nSPS) is 12.3. The van der Waals surface area contributed by atoms with Crippen molar-refractivity contribution in [1.29, 1.82) is 0 Å². The van der Waals surface area contributed by atoms with Crippen molar-refractivity contribution in [3.63, 3.8) is 0 Å². The summed E-state index contributed by atoms with van der Waals surface area (Å²) in [4.78, 5) is 0. The van der Waals surface area contributed by atoms with E-state index in [1.165, 1.54) is 11.6 Å². The molecular weight excluding hydrogens is 189 g/mol. The van der Waals surface area contributed by atoms with E-state index < -0.39 is 0 Å². The van der Waals surface area contributed by atoms with Crippen molar-refractivity contribution in [3.8, 4) is 0 Å². The fraction of sp³-hybridized carbons (Fsp3) is 0.385. The molecule has 0 saturated heterocycles. The summed E-state index contributed by atoms with van der Waals surface area (Å²) in [7, 11) is 0. The van der Waals surface area contributed by atoms with Crippen molar-refractivity contribution in [1.82, 2.24) is 5.32 Å². The lowest BCUT2D eigenvalue weighted by Crippen LogP contribution is -2.19. The van der Waals surface area contributed by atoms with E-state index in [-0.39, 0.29) is 11.9 Å². The Balaban J connectivity index is 2.58. The Morgan fingerprint density at radius 2 is 2.07 bits per heavy atom. The van der Waals surface area contributed by atoms with Crippen LogP contribution in [0.5, 0.6) is 0 Å². The maximum atomic E-state index is 13.4. The highest BCUT2D eigenvalue weighted by Gasteiger charge is 2.07. The number of hydrogen-bond donors (Lipinski definition) is 1. The van der Waals surface area contributed by atoms with Gasteiger partial charge in [-0.05, 0) is 26.8 Å². The Kier molecular flexibility index (Phi) is 4.50. The van der Waals surface area contributed by atoms with Gasteiger partial charge in [-0.25, -0.2) is 4.39 Å². The molecule has 1 nitrogen and oxygen atoms in total. The first-order valence-electron chi connectivity index (χ1n) is 5.22. The zero-order valence-electron chi connectivity index (χ0n) is 9.55. The Morgan fingerprint density at radius 3 is 2.67 bits per heavy atom. The van der Waals surface area contributed by atoms with Gasteiger partial charge >= 0.3 is 0 Å². The Morgan fingerprint density at radius 1 is 1.40 bits per heavy atom. The zero-order valence-corrected chi connectivity index (χ0v) is 9.55. The van der Waals surface area contributed by atoms with Gasteiger partial charge in [0.15, 0.2) is 0 Å².